The fourth-order valence-corrected chi connectivity index (χ4v) is 4.39. The Morgan fingerprint density at radius 3 is 2.36 bits per heavy atom. The van der Waals surface area contributed by atoms with Crippen LogP contribution >= 0.6 is 24.0 Å². The van der Waals surface area contributed by atoms with Gasteiger partial charge < -0.3 is 15.4 Å². The van der Waals surface area contributed by atoms with E-state index in [-0.39, 0.29) is 59.5 Å². The molecule has 3 rings (SSSR count). The first-order chi connectivity index (χ1) is 13.0. The molecule has 158 valence electrons. The third-order valence-electron chi connectivity index (χ3n) is 5.62. The largest absolute Gasteiger partial charge is 0.381 e. The molecule has 0 aromatic heterocycles. The van der Waals surface area contributed by atoms with Gasteiger partial charge in [-0.1, -0.05) is 26.0 Å². The van der Waals surface area contributed by atoms with Gasteiger partial charge in [-0.15, -0.1) is 24.0 Å². The molecule has 1 aliphatic heterocycles. The van der Waals surface area contributed by atoms with Crippen molar-refractivity contribution in [3.05, 3.63) is 12.2 Å². The van der Waals surface area contributed by atoms with E-state index in [0.717, 1.165) is 32.6 Å². The number of carbonyl (C=O) groups excluding carboxylic acids is 2. The first-order valence-corrected chi connectivity index (χ1v) is 10.1. The number of fused-ring (bicyclic) bond motifs is 5. The van der Waals surface area contributed by atoms with Crippen molar-refractivity contribution in [2.45, 2.75) is 26.7 Å². The van der Waals surface area contributed by atoms with Crippen molar-refractivity contribution < 1.29 is 14.3 Å². The van der Waals surface area contributed by atoms with Crippen LogP contribution in [0.15, 0.2) is 17.1 Å². The number of likely N-dealkylation sites (tertiary alicyclic amines) is 1. The SMILES string of the molecule is CN=C(NCCCOCC(C)C)NCCN1C(=O)C2C3C=CC(C3)C2C1=O.I. The summed E-state index contributed by atoms with van der Waals surface area (Å²) in [4.78, 5) is 30.9. The molecule has 7 nitrogen and oxygen atoms in total. The van der Waals surface area contributed by atoms with Crippen molar-refractivity contribution in [2.24, 2.45) is 34.6 Å². The van der Waals surface area contributed by atoms with Crippen LogP contribution in [-0.4, -0.2) is 62.6 Å². The Hall–Kier alpha value is -1.16. The third kappa shape index (κ3) is 5.06. The number of nitrogens with zero attached hydrogens (tertiary/aromatic N) is 2. The van der Waals surface area contributed by atoms with Crippen LogP contribution in [0.1, 0.15) is 26.7 Å². The monoisotopic (exact) mass is 504 g/mol. The van der Waals surface area contributed by atoms with Gasteiger partial charge in [-0.2, -0.15) is 0 Å². The molecule has 2 aliphatic carbocycles. The first kappa shape index (κ1) is 23.1. The van der Waals surface area contributed by atoms with Crippen molar-refractivity contribution >= 4 is 41.8 Å². The normalized spacial score (nSPS) is 28.1. The van der Waals surface area contributed by atoms with Crippen molar-refractivity contribution in [3.63, 3.8) is 0 Å². The average molecular weight is 504 g/mol. The summed E-state index contributed by atoms with van der Waals surface area (Å²) < 4.78 is 5.55. The second-order valence-corrected chi connectivity index (χ2v) is 8.08. The van der Waals surface area contributed by atoms with E-state index in [0.29, 0.717) is 25.0 Å². The average Bonchev–Trinajstić information content (AvgIpc) is 3.32. The molecular formula is C20H33IN4O3. The zero-order valence-electron chi connectivity index (χ0n) is 17.0. The topological polar surface area (TPSA) is 83.0 Å². The number of hydrogen-bond acceptors (Lipinski definition) is 4. The second-order valence-electron chi connectivity index (χ2n) is 8.08. The Morgan fingerprint density at radius 2 is 1.79 bits per heavy atom. The minimum Gasteiger partial charge on any atom is -0.381 e. The van der Waals surface area contributed by atoms with Crippen molar-refractivity contribution in [1.29, 1.82) is 0 Å². The maximum Gasteiger partial charge on any atom is 0.233 e. The van der Waals surface area contributed by atoms with Crippen molar-refractivity contribution in [3.8, 4) is 0 Å². The molecule has 2 amide bonds. The predicted molar refractivity (Wildman–Crippen MR) is 119 cm³/mol. The zero-order valence-corrected chi connectivity index (χ0v) is 19.3. The Kier molecular flexibility index (Phi) is 8.73. The van der Waals surface area contributed by atoms with E-state index in [4.69, 9.17) is 4.74 Å². The van der Waals surface area contributed by atoms with Crippen LogP contribution < -0.4 is 10.6 Å². The molecule has 1 saturated heterocycles. The number of hydrogen-bond donors (Lipinski definition) is 2. The molecule has 2 fully saturated rings. The lowest BCUT2D eigenvalue weighted by Gasteiger charge is -2.18. The lowest BCUT2D eigenvalue weighted by Crippen LogP contribution is -2.44. The van der Waals surface area contributed by atoms with E-state index in [9.17, 15) is 9.59 Å². The van der Waals surface area contributed by atoms with Gasteiger partial charge in [0.05, 0.1) is 11.8 Å². The molecule has 0 spiro atoms. The van der Waals surface area contributed by atoms with Gasteiger partial charge in [0, 0.05) is 39.9 Å². The molecular weight excluding hydrogens is 471 g/mol. The van der Waals surface area contributed by atoms with E-state index in [2.05, 4.69) is 41.6 Å². The highest BCUT2D eigenvalue weighted by atomic mass is 127. The van der Waals surface area contributed by atoms with E-state index in [1.165, 1.54) is 4.90 Å². The number of ether oxygens (including phenoxy) is 1. The maximum atomic E-state index is 12.6. The van der Waals surface area contributed by atoms with Crippen LogP contribution in [0.3, 0.4) is 0 Å². The van der Waals surface area contributed by atoms with Gasteiger partial charge >= 0.3 is 0 Å². The summed E-state index contributed by atoms with van der Waals surface area (Å²) in [5.74, 6) is 1.55. The van der Waals surface area contributed by atoms with E-state index in [1.807, 2.05) is 0 Å². The quantitative estimate of drug-likeness (QED) is 0.125. The number of guanidine groups is 1. The van der Waals surface area contributed by atoms with Gasteiger partial charge in [0.25, 0.3) is 0 Å². The molecule has 0 aromatic carbocycles. The van der Waals surface area contributed by atoms with E-state index in [1.54, 1.807) is 7.05 Å². The third-order valence-corrected chi connectivity index (χ3v) is 5.62. The number of rotatable bonds is 9. The van der Waals surface area contributed by atoms with Crippen molar-refractivity contribution in [1.82, 2.24) is 15.5 Å². The highest BCUT2D eigenvalue weighted by Crippen LogP contribution is 2.52. The Bertz CT molecular complexity index is 593. The van der Waals surface area contributed by atoms with Crippen LogP contribution in [0, 0.1) is 29.6 Å². The fraction of sp³-hybridized carbons (Fsp3) is 0.750. The van der Waals surface area contributed by atoms with Crippen LogP contribution in [0.5, 0.6) is 0 Å². The number of nitrogens with one attached hydrogen (secondary N) is 2. The number of aliphatic imine (C=N–C) groups is 1. The van der Waals surface area contributed by atoms with Gasteiger partial charge in [-0.05, 0) is 30.6 Å². The van der Waals surface area contributed by atoms with Gasteiger partial charge in [-0.3, -0.25) is 19.5 Å². The molecule has 3 aliphatic rings. The van der Waals surface area contributed by atoms with Crippen molar-refractivity contribution in [2.75, 3.05) is 39.9 Å². The number of allylic oxidation sites excluding steroid dienone is 2. The fourth-order valence-electron chi connectivity index (χ4n) is 4.39. The van der Waals surface area contributed by atoms with E-state index >= 15 is 0 Å². The number of carbonyl (C=O) groups is 2. The van der Waals surface area contributed by atoms with E-state index < -0.39 is 0 Å². The zero-order chi connectivity index (χ0) is 19.4. The molecule has 4 atom stereocenters. The molecule has 4 unspecified atom stereocenters. The highest BCUT2D eigenvalue weighted by molar-refractivity contribution is 14.0. The second kappa shape index (κ2) is 10.6. The summed E-state index contributed by atoms with van der Waals surface area (Å²) in [7, 11) is 1.71. The van der Waals surface area contributed by atoms with Crippen LogP contribution in [-0.2, 0) is 14.3 Å². The first-order valence-electron chi connectivity index (χ1n) is 10.1. The number of halogens is 1. The van der Waals surface area contributed by atoms with Gasteiger partial charge in [0.2, 0.25) is 11.8 Å². The summed E-state index contributed by atoms with van der Waals surface area (Å²) in [6.45, 7) is 7.43. The standard InChI is InChI=1S/C20H32N4O3.HI/c1-13(2)12-27-10-4-7-22-20(21-3)23-8-9-24-18(25)16-14-5-6-15(11-14)17(16)19(24)26;/h5-6,13-17H,4,7-12H2,1-3H3,(H2,21,22,23);1H. The summed E-state index contributed by atoms with van der Waals surface area (Å²) in [5, 5.41) is 6.42. The number of amides is 2. The molecule has 2 bridgehead atoms. The van der Waals surface area contributed by atoms with Crippen LogP contribution in [0.4, 0.5) is 0 Å². The summed E-state index contributed by atoms with van der Waals surface area (Å²) in [6, 6.07) is 0. The summed E-state index contributed by atoms with van der Waals surface area (Å²) in [5.41, 5.74) is 0. The minimum absolute atomic E-state index is 0. The lowest BCUT2D eigenvalue weighted by atomic mass is 9.85. The molecule has 28 heavy (non-hydrogen) atoms. The summed E-state index contributed by atoms with van der Waals surface area (Å²) in [6.07, 6.45) is 6.11. The molecule has 8 heteroatoms. The molecule has 1 saturated carbocycles. The summed E-state index contributed by atoms with van der Waals surface area (Å²) >= 11 is 0. The Balaban J connectivity index is 0.00000280. The predicted octanol–water partition coefficient (Wildman–Crippen LogP) is 1.64. The van der Waals surface area contributed by atoms with Crippen LogP contribution in [0.25, 0.3) is 0 Å². The smallest absolute Gasteiger partial charge is 0.233 e. The highest BCUT2D eigenvalue weighted by Gasteiger charge is 2.58. The molecule has 0 aromatic rings. The maximum absolute atomic E-state index is 12.6. The Morgan fingerprint density at radius 1 is 1.18 bits per heavy atom. The molecule has 2 N–H and O–H groups in total. The molecule has 0 radical (unpaired) electrons. The minimum atomic E-state index is -0.115. The van der Waals surface area contributed by atoms with Gasteiger partial charge in [-0.25, -0.2) is 0 Å². The van der Waals surface area contributed by atoms with Gasteiger partial charge in [0.15, 0.2) is 5.96 Å². The number of imide groups is 1. The Labute approximate surface area is 184 Å². The van der Waals surface area contributed by atoms with Crippen LogP contribution in [0.2, 0.25) is 0 Å². The molecule has 1 heterocycles. The van der Waals surface area contributed by atoms with Gasteiger partial charge in [0.1, 0.15) is 0 Å². The lowest BCUT2D eigenvalue weighted by molar-refractivity contribution is -0.140.